The van der Waals surface area contributed by atoms with E-state index in [0.717, 1.165) is 11.3 Å². The van der Waals surface area contributed by atoms with Gasteiger partial charge in [-0.1, -0.05) is 30.3 Å². The number of hydrogen-bond donors (Lipinski definition) is 0. The third-order valence-electron chi connectivity index (χ3n) is 2.82. The first-order chi connectivity index (χ1) is 8.27. The largest absolute Gasteiger partial charge is 0.315 e. The molecule has 3 rings (SSSR count). The molecule has 0 amide bonds. The van der Waals surface area contributed by atoms with Gasteiger partial charge >= 0.3 is 0 Å². The van der Waals surface area contributed by atoms with Crippen molar-refractivity contribution in [3.63, 3.8) is 0 Å². The molecule has 0 fully saturated rings. The van der Waals surface area contributed by atoms with E-state index >= 15 is 0 Å². The fourth-order valence-corrected chi connectivity index (χ4v) is 1.95. The Labute approximate surface area is 97.8 Å². The molecule has 2 heterocycles. The van der Waals surface area contributed by atoms with E-state index < -0.39 is 0 Å². The van der Waals surface area contributed by atoms with E-state index in [2.05, 4.69) is 4.98 Å². The molecule has 0 saturated carbocycles. The van der Waals surface area contributed by atoms with Gasteiger partial charge in [-0.2, -0.15) is 0 Å². The van der Waals surface area contributed by atoms with Crippen molar-refractivity contribution in [3.05, 3.63) is 59.4 Å². The van der Waals surface area contributed by atoms with Gasteiger partial charge in [0.15, 0.2) is 0 Å². The Morgan fingerprint density at radius 2 is 1.94 bits per heavy atom. The van der Waals surface area contributed by atoms with Gasteiger partial charge in [0.05, 0.1) is 18.2 Å². The molecule has 0 bridgehead atoms. The van der Waals surface area contributed by atoms with Crippen LogP contribution in [0.5, 0.6) is 0 Å². The normalized spacial score (nSPS) is 10.9. The lowest BCUT2D eigenvalue weighted by atomic mass is 10.1. The van der Waals surface area contributed by atoms with Crippen molar-refractivity contribution in [2.24, 2.45) is 7.05 Å². The predicted molar refractivity (Wildman–Crippen MR) is 65.9 cm³/mol. The maximum absolute atomic E-state index is 11.9. The van der Waals surface area contributed by atoms with Crippen LogP contribution in [0.4, 0.5) is 0 Å². The lowest BCUT2D eigenvalue weighted by Gasteiger charge is -2.07. The molecule has 0 aliphatic heterocycles. The van der Waals surface area contributed by atoms with Gasteiger partial charge in [-0.15, -0.1) is 0 Å². The maximum Gasteiger partial charge on any atom is 0.276 e. The number of aryl methyl sites for hydroxylation is 1. The van der Waals surface area contributed by atoms with E-state index in [1.807, 2.05) is 40.9 Å². The monoisotopic (exact) mass is 225 g/mol. The molecule has 0 atom stereocenters. The standard InChI is InChI=1S/C13H11N3O/c1-15-8-12(10-5-3-2-4-6-10)16-9-14-7-11(16)13(15)17/h2-9H,1H3. The molecular weight excluding hydrogens is 214 g/mol. The highest BCUT2D eigenvalue weighted by Crippen LogP contribution is 2.18. The fourth-order valence-electron chi connectivity index (χ4n) is 1.95. The van der Waals surface area contributed by atoms with Crippen molar-refractivity contribution < 1.29 is 0 Å². The van der Waals surface area contributed by atoms with Crippen LogP contribution in [0.15, 0.2) is 53.8 Å². The Morgan fingerprint density at radius 3 is 2.71 bits per heavy atom. The molecule has 4 nitrogen and oxygen atoms in total. The van der Waals surface area contributed by atoms with E-state index in [-0.39, 0.29) is 5.56 Å². The fraction of sp³-hybridized carbons (Fsp3) is 0.0769. The summed E-state index contributed by atoms with van der Waals surface area (Å²) < 4.78 is 3.40. The second-order valence-corrected chi connectivity index (χ2v) is 3.95. The summed E-state index contributed by atoms with van der Waals surface area (Å²) in [4.78, 5) is 15.9. The Balaban J connectivity index is 2.42. The molecule has 0 spiro atoms. The summed E-state index contributed by atoms with van der Waals surface area (Å²) in [5.74, 6) is 0. The predicted octanol–water partition coefficient (Wildman–Crippen LogP) is 1.70. The molecule has 3 aromatic rings. The van der Waals surface area contributed by atoms with Gasteiger partial charge in [0.1, 0.15) is 5.52 Å². The van der Waals surface area contributed by atoms with Gasteiger partial charge in [0.25, 0.3) is 5.56 Å². The summed E-state index contributed by atoms with van der Waals surface area (Å²) in [7, 11) is 1.75. The van der Waals surface area contributed by atoms with Crippen LogP contribution < -0.4 is 5.56 Å². The van der Waals surface area contributed by atoms with Crippen LogP contribution in [0, 0.1) is 0 Å². The Kier molecular flexibility index (Phi) is 2.08. The van der Waals surface area contributed by atoms with Crippen LogP contribution in [0.1, 0.15) is 0 Å². The Bertz CT molecular complexity index is 725. The van der Waals surface area contributed by atoms with Gasteiger partial charge in [-0.05, 0) is 0 Å². The maximum atomic E-state index is 11.9. The molecule has 0 saturated heterocycles. The van der Waals surface area contributed by atoms with Crippen molar-refractivity contribution >= 4 is 5.52 Å². The smallest absolute Gasteiger partial charge is 0.276 e. The zero-order chi connectivity index (χ0) is 11.8. The minimum atomic E-state index is -0.0396. The molecular formula is C13H11N3O. The average Bonchev–Trinajstić information content (AvgIpc) is 2.84. The first kappa shape index (κ1) is 9.84. The number of hydrogen-bond acceptors (Lipinski definition) is 2. The summed E-state index contributed by atoms with van der Waals surface area (Å²) in [6, 6.07) is 9.95. The summed E-state index contributed by atoms with van der Waals surface area (Å²) in [5, 5.41) is 0. The van der Waals surface area contributed by atoms with E-state index in [1.165, 1.54) is 0 Å². The Hall–Kier alpha value is -2.36. The van der Waals surface area contributed by atoms with Gasteiger partial charge in [-0.25, -0.2) is 4.98 Å². The second kappa shape index (κ2) is 3.59. The van der Waals surface area contributed by atoms with Crippen LogP contribution in [-0.2, 0) is 7.05 Å². The highest BCUT2D eigenvalue weighted by molar-refractivity contribution is 5.63. The molecule has 1 aromatic carbocycles. The second-order valence-electron chi connectivity index (χ2n) is 3.95. The van der Waals surface area contributed by atoms with E-state index in [1.54, 1.807) is 24.1 Å². The topological polar surface area (TPSA) is 39.3 Å². The molecule has 0 aliphatic rings. The first-order valence-corrected chi connectivity index (χ1v) is 5.34. The van der Waals surface area contributed by atoms with E-state index in [9.17, 15) is 4.79 Å². The quantitative estimate of drug-likeness (QED) is 0.632. The molecule has 0 aliphatic carbocycles. The molecule has 0 unspecified atom stereocenters. The van der Waals surface area contributed by atoms with Crippen LogP contribution in [0.3, 0.4) is 0 Å². The van der Waals surface area contributed by atoms with E-state index in [4.69, 9.17) is 0 Å². The number of fused-ring (bicyclic) bond motifs is 1. The summed E-state index contributed by atoms with van der Waals surface area (Å²) in [5.41, 5.74) is 2.57. The van der Waals surface area contributed by atoms with Crippen molar-refractivity contribution in [3.8, 4) is 11.3 Å². The van der Waals surface area contributed by atoms with Crippen LogP contribution in [0.25, 0.3) is 16.8 Å². The van der Waals surface area contributed by atoms with Crippen molar-refractivity contribution in [2.75, 3.05) is 0 Å². The molecule has 17 heavy (non-hydrogen) atoms. The van der Waals surface area contributed by atoms with Crippen LogP contribution in [-0.4, -0.2) is 14.0 Å². The molecule has 0 radical (unpaired) electrons. The number of imidazole rings is 1. The van der Waals surface area contributed by atoms with Crippen molar-refractivity contribution in [2.45, 2.75) is 0 Å². The first-order valence-electron chi connectivity index (χ1n) is 5.34. The highest BCUT2D eigenvalue weighted by Gasteiger charge is 2.08. The zero-order valence-corrected chi connectivity index (χ0v) is 9.37. The lowest BCUT2D eigenvalue weighted by Crippen LogP contribution is -2.18. The molecule has 2 aromatic heterocycles. The van der Waals surface area contributed by atoms with Crippen molar-refractivity contribution in [1.82, 2.24) is 14.0 Å². The average molecular weight is 225 g/mol. The summed E-state index contributed by atoms with van der Waals surface area (Å²) in [6.07, 6.45) is 5.08. The number of rotatable bonds is 1. The van der Waals surface area contributed by atoms with E-state index in [0.29, 0.717) is 5.52 Å². The van der Waals surface area contributed by atoms with Gasteiger partial charge in [0.2, 0.25) is 0 Å². The summed E-state index contributed by atoms with van der Waals surface area (Å²) in [6.45, 7) is 0. The van der Waals surface area contributed by atoms with Gasteiger partial charge < -0.3 is 4.57 Å². The summed E-state index contributed by atoms with van der Waals surface area (Å²) >= 11 is 0. The molecule has 4 heteroatoms. The van der Waals surface area contributed by atoms with Gasteiger partial charge in [-0.3, -0.25) is 9.20 Å². The highest BCUT2D eigenvalue weighted by atomic mass is 16.1. The van der Waals surface area contributed by atoms with Crippen LogP contribution in [0.2, 0.25) is 0 Å². The molecule has 0 N–H and O–H groups in total. The molecule has 84 valence electrons. The lowest BCUT2D eigenvalue weighted by molar-refractivity contribution is 0.850. The van der Waals surface area contributed by atoms with Crippen LogP contribution >= 0.6 is 0 Å². The number of aromatic nitrogens is 3. The minimum absolute atomic E-state index is 0.0396. The van der Waals surface area contributed by atoms with Gasteiger partial charge in [0, 0.05) is 18.8 Å². The minimum Gasteiger partial charge on any atom is -0.315 e. The third kappa shape index (κ3) is 1.45. The number of benzene rings is 1. The zero-order valence-electron chi connectivity index (χ0n) is 9.37. The third-order valence-corrected chi connectivity index (χ3v) is 2.82. The van der Waals surface area contributed by atoms with Crippen molar-refractivity contribution in [1.29, 1.82) is 0 Å². The Morgan fingerprint density at radius 1 is 1.18 bits per heavy atom. The number of nitrogens with zero attached hydrogens (tertiary/aromatic N) is 3. The SMILES string of the molecule is Cn1cc(-c2ccccc2)n2cncc2c1=O.